The van der Waals surface area contributed by atoms with Crippen LogP contribution in [0.3, 0.4) is 0 Å². The van der Waals surface area contributed by atoms with Gasteiger partial charge in [0.15, 0.2) is 11.5 Å². The lowest BCUT2D eigenvalue weighted by atomic mass is 10.2. The molecule has 1 amide bonds. The number of ether oxygens (including phenoxy) is 3. The zero-order valence-electron chi connectivity index (χ0n) is 14.4. The fourth-order valence-corrected chi connectivity index (χ4v) is 2.98. The van der Waals surface area contributed by atoms with Gasteiger partial charge in [0.1, 0.15) is 13.2 Å². The highest BCUT2D eigenvalue weighted by Gasteiger charge is 2.30. The Kier molecular flexibility index (Phi) is 5.77. The molecule has 0 saturated carbocycles. The van der Waals surface area contributed by atoms with E-state index in [-0.39, 0.29) is 18.7 Å². The van der Waals surface area contributed by atoms with Gasteiger partial charge in [-0.1, -0.05) is 42.5 Å². The van der Waals surface area contributed by atoms with E-state index in [1.54, 1.807) is 12.0 Å². The van der Waals surface area contributed by atoms with Crippen LogP contribution in [0.2, 0.25) is 0 Å². The van der Waals surface area contributed by atoms with E-state index < -0.39 is 0 Å². The monoisotopic (exact) mass is 341 g/mol. The van der Waals surface area contributed by atoms with E-state index in [1.165, 1.54) is 0 Å². The average molecular weight is 341 g/mol. The van der Waals surface area contributed by atoms with Gasteiger partial charge in [-0.15, -0.1) is 0 Å². The number of amides is 1. The number of likely N-dealkylation sites (tertiary alicyclic amines) is 1. The van der Waals surface area contributed by atoms with Crippen LogP contribution in [0.25, 0.3) is 0 Å². The Labute approximate surface area is 148 Å². The minimum atomic E-state index is -0.282. The van der Waals surface area contributed by atoms with Crippen LogP contribution in [0.1, 0.15) is 18.4 Å². The van der Waals surface area contributed by atoms with E-state index in [0.717, 1.165) is 18.4 Å². The number of carbonyl (C=O) groups excluding carboxylic acids is 1. The summed E-state index contributed by atoms with van der Waals surface area (Å²) >= 11 is 0. The summed E-state index contributed by atoms with van der Waals surface area (Å²) < 4.78 is 16.6. The van der Waals surface area contributed by atoms with Crippen molar-refractivity contribution in [2.45, 2.75) is 25.5 Å². The number of hydrogen-bond acceptors (Lipinski definition) is 4. The molecule has 0 unspecified atom stereocenters. The van der Waals surface area contributed by atoms with Crippen LogP contribution in [-0.4, -0.2) is 37.3 Å². The second-order valence-electron chi connectivity index (χ2n) is 5.99. The molecule has 2 aromatic carbocycles. The van der Waals surface area contributed by atoms with Gasteiger partial charge in [0, 0.05) is 6.54 Å². The molecule has 5 nitrogen and oxygen atoms in total. The van der Waals surface area contributed by atoms with Crippen molar-refractivity contribution in [1.29, 1.82) is 0 Å². The van der Waals surface area contributed by atoms with E-state index in [4.69, 9.17) is 14.2 Å². The van der Waals surface area contributed by atoms with E-state index >= 15 is 0 Å². The summed E-state index contributed by atoms with van der Waals surface area (Å²) in [5.74, 6) is 1.38. The molecule has 1 fully saturated rings. The Balaban J connectivity index is 1.54. The first-order chi connectivity index (χ1) is 12.3. The van der Waals surface area contributed by atoms with Crippen LogP contribution in [0.5, 0.6) is 11.5 Å². The number of methoxy groups -OCH3 is 1. The van der Waals surface area contributed by atoms with Crippen molar-refractivity contribution < 1.29 is 19.0 Å². The van der Waals surface area contributed by atoms with Crippen LogP contribution < -0.4 is 9.47 Å². The van der Waals surface area contributed by atoms with Gasteiger partial charge in [-0.25, -0.2) is 4.79 Å². The molecule has 0 radical (unpaired) electrons. The summed E-state index contributed by atoms with van der Waals surface area (Å²) in [5.41, 5.74) is 0.983. The van der Waals surface area contributed by atoms with Crippen molar-refractivity contribution in [1.82, 2.24) is 4.90 Å². The van der Waals surface area contributed by atoms with E-state index in [0.29, 0.717) is 24.7 Å². The lowest BCUT2D eigenvalue weighted by Gasteiger charge is -2.24. The number of hydrogen-bond donors (Lipinski definition) is 0. The van der Waals surface area contributed by atoms with Crippen molar-refractivity contribution in [2.24, 2.45) is 0 Å². The highest BCUT2D eigenvalue weighted by Crippen LogP contribution is 2.27. The molecule has 5 heteroatoms. The lowest BCUT2D eigenvalue weighted by molar-refractivity contribution is 0.0821. The quantitative estimate of drug-likeness (QED) is 0.800. The molecule has 1 heterocycles. The Morgan fingerprint density at radius 2 is 1.80 bits per heavy atom. The molecular formula is C20H23NO4. The van der Waals surface area contributed by atoms with Crippen LogP contribution >= 0.6 is 0 Å². The van der Waals surface area contributed by atoms with Gasteiger partial charge in [0.25, 0.3) is 0 Å². The number of benzene rings is 2. The fourth-order valence-electron chi connectivity index (χ4n) is 2.98. The van der Waals surface area contributed by atoms with E-state index in [2.05, 4.69) is 0 Å². The highest BCUT2D eigenvalue weighted by molar-refractivity contribution is 5.68. The summed E-state index contributed by atoms with van der Waals surface area (Å²) in [6, 6.07) is 17.2. The standard InChI is InChI=1S/C20H23NO4/c1-23-18-11-5-6-12-19(18)24-15-17-10-7-13-21(17)20(22)25-14-16-8-3-2-4-9-16/h2-6,8-9,11-12,17H,7,10,13-15H2,1H3/t17-/m0/s1. The van der Waals surface area contributed by atoms with Crippen LogP contribution in [-0.2, 0) is 11.3 Å². The number of rotatable bonds is 6. The molecule has 0 N–H and O–H groups in total. The Bertz CT molecular complexity index is 689. The molecular weight excluding hydrogens is 318 g/mol. The third kappa shape index (κ3) is 4.44. The molecule has 0 aliphatic carbocycles. The molecule has 0 aromatic heterocycles. The molecule has 0 spiro atoms. The SMILES string of the molecule is COc1ccccc1OC[C@@H]1CCCN1C(=O)OCc1ccccc1. The van der Waals surface area contributed by atoms with Crippen molar-refractivity contribution in [3.8, 4) is 11.5 Å². The zero-order valence-corrected chi connectivity index (χ0v) is 14.4. The number of carbonyl (C=O) groups is 1. The zero-order chi connectivity index (χ0) is 17.5. The lowest BCUT2D eigenvalue weighted by Crippen LogP contribution is -2.39. The molecule has 1 atom stereocenters. The molecule has 1 aliphatic heterocycles. The Morgan fingerprint density at radius 3 is 2.56 bits per heavy atom. The normalized spacial score (nSPS) is 16.5. The number of para-hydroxylation sites is 2. The van der Waals surface area contributed by atoms with Gasteiger partial charge >= 0.3 is 6.09 Å². The molecule has 25 heavy (non-hydrogen) atoms. The van der Waals surface area contributed by atoms with Gasteiger partial charge in [0.2, 0.25) is 0 Å². The van der Waals surface area contributed by atoms with Gasteiger partial charge in [-0.3, -0.25) is 0 Å². The van der Waals surface area contributed by atoms with Crippen molar-refractivity contribution in [2.75, 3.05) is 20.3 Å². The van der Waals surface area contributed by atoms with Crippen LogP contribution in [0.15, 0.2) is 54.6 Å². The molecule has 0 bridgehead atoms. The predicted octanol–water partition coefficient (Wildman–Crippen LogP) is 3.88. The first-order valence-corrected chi connectivity index (χ1v) is 8.51. The van der Waals surface area contributed by atoms with Crippen LogP contribution in [0.4, 0.5) is 4.79 Å². The first-order valence-electron chi connectivity index (χ1n) is 8.51. The molecule has 3 rings (SSSR count). The number of nitrogens with zero attached hydrogens (tertiary/aromatic N) is 1. The first kappa shape index (κ1) is 17.1. The summed E-state index contributed by atoms with van der Waals surface area (Å²) in [5, 5.41) is 0. The summed E-state index contributed by atoms with van der Waals surface area (Å²) in [4.78, 5) is 14.1. The average Bonchev–Trinajstić information content (AvgIpc) is 3.14. The van der Waals surface area contributed by atoms with Gasteiger partial charge in [-0.2, -0.15) is 0 Å². The summed E-state index contributed by atoms with van der Waals surface area (Å²) in [7, 11) is 1.62. The minimum absolute atomic E-state index is 0.0215. The van der Waals surface area contributed by atoms with Crippen molar-refractivity contribution in [3.63, 3.8) is 0 Å². The molecule has 2 aromatic rings. The van der Waals surface area contributed by atoms with Gasteiger partial charge in [-0.05, 0) is 30.5 Å². The molecule has 132 valence electrons. The van der Waals surface area contributed by atoms with Crippen LogP contribution in [0, 0.1) is 0 Å². The largest absolute Gasteiger partial charge is 0.493 e. The van der Waals surface area contributed by atoms with E-state index in [9.17, 15) is 4.79 Å². The minimum Gasteiger partial charge on any atom is -0.493 e. The van der Waals surface area contributed by atoms with Crippen molar-refractivity contribution in [3.05, 3.63) is 60.2 Å². The van der Waals surface area contributed by atoms with Crippen molar-refractivity contribution >= 4 is 6.09 Å². The topological polar surface area (TPSA) is 48.0 Å². The van der Waals surface area contributed by atoms with Gasteiger partial charge < -0.3 is 19.1 Å². The Morgan fingerprint density at radius 1 is 1.08 bits per heavy atom. The summed E-state index contributed by atoms with van der Waals surface area (Å²) in [6.07, 6.45) is 1.59. The second-order valence-corrected chi connectivity index (χ2v) is 5.99. The second kappa shape index (κ2) is 8.42. The maximum atomic E-state index is 12.4. The Hall–Kier alpha value is -2.69. The molecule has 1 aliphatic rings. The predicted molar refractivity (Wildman–Crippen MR) is 94.8 cm³/mol. The third-order valence-electron chi connectivity index (χ3n) is 4.32. The smallest absolute Gasteiger partial charge is 0.410 e. The van der Waals surface area contributed by atoms with Gasteiger partial charge in [0.05, 0.1) is 13.2 Å². The fraction of sp³-hybridized carbons (Fsp3) is 0.350. The third-order valence-corrected chi connectivity index (χ3v) is 4.32. The molecule has 1 saturated heterocycles. The maximum absolute atomic E-state index is 12.4. The highest BCUT2D eigenvalue weighted by atomic mass is 16.6. The summed E-state index contributed by atoms with van der Waals surface area (Å²) in [6.45, 7) is 1.42. The maximum Gasteiger partial charge on any atom is 0.410 e. The van der Waals surface area contributed by atoms with E-state index in [1.807, 2.05) is 54.6 Å².